The van der Waals surface area contributed by atoms with E-state index in [0.717, 1.165) is 10.7 Å². The first-order valence-corrected chi connectivity index (χ1v) is 6.65. The smallest absolute Gasteiger partial charge is 0.257 e. The van der Waals surface area contributed by atoms with Crippen LogP contribution in [0.2, 0.25) is 0 Å². The van der Waals surface area contributed by atoms with Crippen LogP contribution in [0.4, 0.5) is 0 Å². The Balaban J connectivity index is 1.72. The molecule has 1 amide bonds. The molecule has 6 nitrogen and oxygen atoms in total. The first-order chi connectivity index (χ1) is 9.15. The minimum atomic E-state index is -0.187. The number of carbonyl (C=O) groups is 1. The summed E-state index contributed by atoms with van der Waals surface area (Å²) in [6, 6.07) is 0. The van der Waals surface area contributed by atoms with Gasteiger partial charge in [-0.3, -0.25) is 9.20 Å². The maximum Gasteiger partial charge on any atom is 0.257 e. The fourth-order valence-electron chi connectivity index (χ4n) is 1.93. The zero-order valence-electron chi connectivity index (χ0n) is 10.5. The Morgan fingerprint density at radius 1 is 1.53 bits per heavy atom. The lowest BCUT2D eigenvalue weighted by Crippen LogP contribution is -2.24. The summed E-state index contributed by atoms with van der Waals surface area (Å²) in [5, 5.41) is 8.56. The number of aryl methyl sites for hydroxylation is 2. The summed E-state index contributed by atoms with van der Waals surface area (Å²) in [5.41, 5.74) is 1.92. The Bertz CT molecular complexity index is 692. The van der Waals surface area contributed by atoms with Crippen LogP contribution in [0.25, 0.3) is 4.96 Å². The van der Waals surface area contributed by atoms with Gasteiger partial charge in [0.05, 0.1) is 17.9 Å². The predicted molar refractivity (Wildman–Crippen MR) is 70.2 cm³/mol. The molecule has 7 heteroatoms. The molecule has 3 aromatic rings. The minimum Gasteiger partial charge on any atom is -0.361 e. The van der Waals surface area contributed by atoms with Crippen molar-refractivity contribution in [2.24, 2.45) is 0 Å². The standard InChI is InChI=1S/C12H12N4O2S/c1-7-10(8(2)18-15-7)11(17)13-5-9-6-16-3-4-19-12(16)14-9/h3-4,6H,5H2,1-2H3,(H,13,17). The van der Waals surface area contributed by atoms with Crippen LogP contribution in [-0.4, -0.2) is 20.4 Å². The van der Waals surface area contributed by atoms with Crippen molar-refractivity contribution in [1.29, 1.82) is 0 Å². The molecule has 0 fully saturated rings. The van der Waals surface area contributed by atoms with Crippen LogP contribution in [0.15, 0.2) is 22.3 Å². The molecule has 0 aliphatic rings. The van der Waals surface area contributed by atoms with E-state index in [1.165, 1.54) is 0 Å². The molecule has 19 heavy (non-hydrogen) atoms. The summed E-state index contributed by atoms with van der Waals surface area (Å²) in [5.74, 6) is 0.341. The second kappa shape index (κ2) is 4.51. The van der Waals surface area contributed by atoms with Crippen LogP contribution in [-0.2, 0) is 6.54 Å². The quantitative estimate of drug-likeness (QED) is 0.793. The molecule has 1 N–H and O–H groups in total. The highest BCUT2D eigenvalue weighted by Gasteiger charge is 2.17. The highest BCUT2D eigenvalue weighted by molar-refractivity contribution is 7.15. The van der Waals surface area contributed by atoms with Gasteiger partial charge in [0.25, 0.3) is 5.91 Å². The number of hydrogen-bond donors (Lipinski definition) is 1. The number of thiazole rings is 1. The number of rotatable bonds is 3. The number of imidazole rings is 1. The second-order valence-electron chi connectivity index (χ2n) is 4.21. The van der Waals surface area contributed by atoms with Gasteiger partial charge in [-0.15, -0.1) is 11.3 Å². The zero-order chi connectivity index (χ0) is 13.4. The van der Waals surface area contributed by atoms with Crippen LogP contribution in [0, 0.1) is 13.8 Å². The van der Waals surface area contributed by atoms with Crippen LogP contribution >= 0.6 is 11.3 Å². The number of hydrogen-bond acceptors (Lipinski definition) is 5. The van der Waals surface area contributed by atoms with Crippen molar-refractivity contribution in [3.05, 3.63) is 40.5 Å². The molecule has 98 valence electrons. The third kappa shape index (κ3) is 2.12. The zero-order valence-corrected chi connectivity index (χ0v) is 11.3. The van der Waals surface area contributed by atoms with Crippen LogP contribution in [0.1, 0.15) is 27.5 Å². The van der Waals surface area contributed by atoms with Crippen LogP contribution in [0.5, 0.6) is 0 Å². The van der Waals surface area contributed by atoms with Crippen molar-refractivity contribution in [3.63, 3.8) is 0 Å². The molecule has 0 spiro atoms. The Kier molecular flexibility index (Phi) is 2.83. The highest BCUT2D eigenvalue weighted by Crippen LogP contribution is 2.13. The molecule has 3 aromatic heterocycles. The average Bonchev–Trinajstić information content (AvgIpc) is 3.01. The van der Waals surface area contributed by atoms with E-state index in [9.17, 15) is 4.79 Å². The number of aromatic nitrogens is 3. The molecule has 0 aromatic carbocycles. The van der Waals surface area contributed by atoms with E-state index in [1.807, 2.05) is 22.2 Å². The first kappa shape index (κ1) is 11.9. The van der Waals surface area contributed by atoms with Gasteiger partial charge in [-0.25, -0.2) is 4.98 Å². The molecule has 3 rings (SSSR count). The molecule has 0 bridgehead atoms. The normalized spacial score (nSPS) is 11.1. The van der Waals surface area contributed by atoms with Gasteiger partial charge in [0.2, 0.25) is 0 Å². The number of amides is 1. The largest absolute Gasteiger partial charge is 0.361 e. The third-order valence-electron chi connectivity index (χ3n) is 2.83. The van der Waals surface area contributed by atoms with E-state index >= 15 is 0 Å². The molecule has 0 aliphatic heterocycles. The number of fused-ring (bicyclic) bond motifs is 1. The minimum absolute atomic E-state index is 0.187. The fourth-order valence-corrected chi connectivity index (χ4v) is 2.65. The summed E-state index contributed by atoms with van der Waals surface area (Å²) in [4.78, 5) is 17.3. The van der Waals surface area contributed by atoms with Gasteiger partial charge in [0.1, 0.15) is 11.3 Å². The lowest BCUT2D eigenvalue weighted by atomic mass is 10.2. The van der Waals surface area contributed by atoms with Crippen molar-refractivity contribution in [2.45, 2.75) is 20.4 Å². The van der Waals surface area contributed by atoms with Gasteiger partial charge >= 0.3 is 0 Å². The van der Waals surface area contributed by atoms with Gasteiger partial charge in [-0.2, -0.15) is 0 Å². The van der Waals surface area contributed by atoms with Gasteiger partial charge in [0, 0.05) is 17.8 Å². The first-order valence-electron chi connectivity index (χ1n) is 5.77. The molecular weight excluding hydrogens is 264 g/mol. The van der Waals surface area contributed by atoms with Gasteiger partial charge in [-0.05, 0) is 13.8 Å². The van der Waals surface area contributed by atoms with Crippen molar-refractivity contribution in [1.82, 2.24) is 19.9 Å². The Labute approximate surface area is 113 Å². The SMILES string of the molecule is Cc1noc(C)c1C(=O)NCc1cn2ccsc2n1. The molecular formula is C12H12N4O2S. The molecule has 0 atom stereocenters. The van der Waals surface area contributed by atoms with Gasteiger partial charge in [0.15, 0.2) is 4.96 Å². The van der Waals surface area contributed by atoms with E-state index in [1.54, 1.807) is 25.2 Å². The summed E-state index contributed by atoms with van der Waals surface area (Å²) in [7, 11) is 0. The lowest BCUT2D eigenvalue weighted by Gasteiger charge is -2.01. The van der Waals surface area contributed by atoms with E-state index in [2.05, 4.69) is 15.5 Å². The maximum atomic E-state index is 12.0. The average molecular weight is 276 g/mol. The van der Waals surface area contributed by atoms with Gasteiger partial charge < -0.3 is 9.84 Å². The summed E-state index contributed by atoms with van der Waals surface area (Å²) >= 11 is 1.56. The van der Waals surface area contributed by atoms with Gasteiger partial charge in [-0.1, -0.05) is 5.16 Å². The molecule has 0 aliphatic carbocycles. The highest BCUT2D eigenvalue weighted by atomic mass is 32.1. The molecule has 0 radical (unpaired) electrons. The molecule has 0 unspecified atom stereocenters. The van der Waals surface area contributed by atoms with E-state index in [-0.39, 0.29) is 5.91 Å². The van der Waals surface area contributed by atoms with Crippen molar-refractivity contribution >= 4 is 22.2 Å². The topological polar surface area (TPSA) is 72.4 Å². The van der Waals surface area contributed by atoms with Crippen molar-refractivity contribution in [3.8, 4) is 0 Å². The van der Waals surface area contributed by atoms with E-state index in [0.29, 0.717) is 23.6 Å². The number of nitrogens with zero attached hydrogens (tertiary/aromatic N) is 3. The van der Waals surface area contributed by atoms with Crippen LogP contribution in [0.3, 0.4) is 0 Å². The Morgan fingerprint density at radius 2 is 2.37 bits per heavy atom. The van der Waals surface area contributed by atoms with Crippen molar-refractivity contribution < 1.29 is 9.32 Å². The second-order valence-corrected chi connectivity index (χ2v) is 5.08. The van der Waals surface area contributed by atoms with Crippen molar-refractivity contribution in [2.75, 3.05) is 0 Å². The Morgan fingerprint density at radius 3 is 3.05 bits per heavy atom. The number of nitrogens with one attached hydrogen (secondary N) is 1. The Hall–Kier alpha value is -2.15. The predicted octanol–water partition coefficient (Wildman–Crippen LogP) is 1.93. The van der Waals surface area contributed by atoms with E-state index in [4.69, 9.17) is 4.52 Å². The third-order valence-corrected chi connectivity index (χ3v) is 3.60. The lowest BCUT2D eigenvalue weighted by molar-refractivity contribution is 0.0948. The van der Waals surface area contributed by atoms with Crippen LogP contribution < -0.4 is 5.32 Å². The van der Waals surface area contributed by atoms with E-state index < -0.39 is 0 Å². The number of carbonyl (C=O) groups excluding carboxylic acids is 1. The fraction of sp³-hybridized carbons (Fsp3) is 0.250. The summed E-state index contributed by atoms with van der Waals surface area (Å²) in [6.07, 6.45) is 3.84. The monoisotopic (exact) mass is 276 g/mol. The maximum absolute atomic E-state index is 12.0. The molecule has 3 heterocycles. The summed E-state index contributed by atoms with van der Waals surface area (Å²) in [6.45, 7) is 3.86. The molecule has 0 saturated carbocycles. The molecule has 0 saturated heterocycles. The summed E-state index contributed by atoms with van der Waals surface area (Å²) < 4.78 is 6.91.